The predicted molar refractivity (Wildman–Crippen MR) is 73.3 cm³/mol. The zero-order chi connectivity index (χ0) is 13.3. The van der Waals surface area contributed by atoms with E-state index >= 15 is 0 Å². The molecule has 0 aliphatic heterocycles. The summed E-state index contributed by atoms with van der Waals surface area (Å²) in [5.74, 6) is 0.0870. The van der Waals surface area contributed by atoms with Crippen LogP contribution in [0.4, 0.5) is 10.1 Å². The highest BCUT2D eigenvalue weighted by atomic mass is 127. The first kappa shape index (κ1) is 13.3. The van der Waals surface area contributed by atoms with E-state index in [1.54, 1.807) is 6.92 Å². The average Bonchev–Trinajstić information content (AvgIpc) is 2.70. The SMILES string of the molecule is Cc1ncc(S(=O)(=O)Nc2ccc(F)cc2I)[nH]1. The fourth-order valence-electron chi connectivity index (χ4n) is 1.31. The molecule has 0 amide bonds. The van der Waals surface area contributed by atoms with Crippen molar-refractivity contribution in [1.82, 2.24) is 9.97 Å². The Morgan fingerprint density at radius 1 is 1.44 bits per heavy atom. The molecule has 0 spiro atoms. The minimum atomic E-state index is -3.72. The van der Waals surface area contributed by atoms with Crippen molar-refractivity contribution in [3.63, 3.8) is 0 Å². The van der Waals surface area contributed by atoms with Crippen LogP contribution in [-0.4, -0.2) is 18.4 Å². The van der Waals surface area contributed by atoms with Crippen LogP contribution < -0.4 is 4.72 Å². The summed E-state index contributed by atoms with van der Waals surface area (Å²) in [7, 11) is -3.72. The number of H-pyrrole nitrogens is 1. The number of nitrogens with one attached hydrogen (secondary N) is 2. The van der Waals surface area contributed by atoms with Crippen molar-refractivity contribution in [2.24, 2.45) is 0 Å². The molecule has 1 aromatic heterocycles. The second-order valence-corrected chi connectivity index (χ2v) is 6.38. The van der Waals surface area contributed by atoms with Gasteiger partial charge in [-0.15, -0.1) is 0 Å². The number of hydrogen-bond acceptors (Lipinski definition) is 3. The van der Waals surface area contributed by atoms with Gasteiger partial charge in [0.1, 0.15) is 11.6 Å². The highest BCUT2D eigenvalue weighted by Crippen LogP contribution is 2.22. The molecular weight excluding hydrogens is 372 g/mol. The fourth-order valence-corrected chi connectivity index (χ4v) is 3.15. The lowest BCUT2D eigenvalue weighted by Gasteiger charge is -2.08. The Balaban J connectivity index is 2.33. The third kappa shape index (κ3) is 2.80. The van der Waals surface area contributed by atoms with Crippen molar-refractivity contribution in [2.75, 3.05) is 4.72 Å². The third-order valence-electron chi connectivity index (χ3n) is 2.14. The number of nitrogens with zero attached hydrogens (tertiary/aromatic N) is 1. The monoisotopic (exact) mass is 381 g/mol. The highest BCUT2D eigenvalue weighted by Gasteiger charge is 2.17. The van der Waals surface area contributed by atoms with Crippen LogP contribution in [0.25, 0.3) is 0 Å². The van der Waals surface area contributed by atoms with Crippen molar-refractivity contribution < 1.29 is 12.8 Å². The number of benzene rings is 1. The van der Waals surface area contributed by atoms with E-state index < -0.39 is 15.8 Å². The number of rotatable bonds is 3. The van der Waals surface area contributed by atoms with Gasteiger partial charge >= 0.3 is 0 Å². The summed E-state index contributed by atoms with van der Waals surface area (Å²) in [6.45, 7) is 1.65. The molecule has 2 rings (SSSR count). The van der Waals surface area contributed by atoms with Crippen molar-refractivity contribution in [3.8, 4) is 0 Å². The maximum atomic E-state index is 12.9. The van der Waals surface area contributed by atoms with Crippen LogP contribution >= 0.6 is 22.6 Å². The number of aryl methyl sites for hydroxylation is 1. The summed E-state index contributed by atoms with van der Waals surface area (Å²) >= 11 is 1.86. The maximum absolute atomic E-state index is 12.9. The van der Waals surface area contributed by atoms with Gasteiger partial charge in [0.2, 0.25) is 0 Å². The van der Waals surface area contributed by atoms with Crippen LogP contribution in [-0.2, 0) is 10.0 Å². The molecule has 8 heteroatoms. The lowest BCUT2D eigenvalue weighted by molar-refractivity contribution is 0.597. The Bertz CT molecular complexity index is 684. The molecule has 2 aromatic rings. The molecule has 1 aromatic carbocycles. The minimum Gasteiger partial charge on any atom is -0.332 e. The number of anilines is 1. The van der Waals surface area contributed by atoms with Crippen molar-refractivity contribution in [2.45, 2.75) is 11.9 Å². The Morgan fingerprint density at radius 3 is 2.72 bits per heavy atom. The van der Waals surface area contributed by atoms with Gasteiger partial charge in [-0.05, 0) is 47.7 Å². The van der Waals surface area contributed by atoms with E-state index in [9.17, 15) is 12.8 Å². The van der Waals surface area contributed by atoms with Gasteiger partial charge in [-0.2, -0.15) is 8.42 Å². The van der Waals surface area contributed by atoms with Gasteiger partial charge in [-0.25, -0.2) is 9.37 Å². The average molecular weight is 381 g/mol. The Labute approximate surface area is 117 Å². The summed E-state index contributed by atoms with van der Waals surface area (Å²) in [5.41, 5.74) is 0.323. The minimum absolute atomic E-state index is 0.0277. The largest absolute Gasteiger partial charge is 0.332 e. The molecule has 0 aliphatic rings. The van der Waals surface area contributed by atoms with Gasteiger partial charge in [0.25, 0.3) is 10.0 Å². The molecule has 96 valence electrons. The van der Waals surface area contributed by atoms with Gasteiger partial charge in [-0.3, -0.25) is 4.72 Å². The third-order valence-corrected chi connectivity index (χ3v) is 4.31. The van der Waals surface area contributed by atoms with E-state index in [2.05, 4.69) is 14.7 Å². The van der Waals surface area contributed by atoms with Gasteiger partial charge in [0, 0.05) is 3.57 Å². The second-order valence-electron chi connectivity index (χ2n) is 3.56. The van der Waals surface area contributed by atoms with E-state index in [0.29, 0.717) is 15.1 Å². The van der Waals surface area contributed by atoms with Gasteiger partial charge in [-0.1, -0.05) is 0 Å². The Kier molecular flexibility index (Phi) is 3.57. The smallest absolute Gasteiger partial charge is 0.279 e. The van der Waals surface area contributed by atoms with Crippen LogP contribution in [0.5, 0.6) is 0 Å². The molecule has 0 saturated carbocycles. The molecule has 2 N–H and O–H groups in total. The molecule has 0 unspecified atom stereocenters. The van der Waals surface area contributed by atoms with Gasteiger partial charge in [0.15, 0.2) is 5.03 Å². The van der Waals surface area contributed by atoms with Crippen molar-refractivity contribution in [3.05, 3.63) is 39.6 Å². The van der Waals surface area contributed by atoms with E-state index in [4.69, 9.17) is 0 Å². The van der Waals surface area contributed by atoms with E-state index in [0.717, 1.165) is 0 Å². The second kappa shape index (κ2) is 4.84. The standard InChI is InChI=1S/C10H9FIN3O2S/c1-6-13-5-10(14-6)18(16,17)15-9-3-2-7(11)4-8(9)12/h2-5,15H,1H3,(H,13,14). The molecule has 18 heavy (non-hydrogen) atoms. The summed E-state index contributed by atoms with van der Waals surface area (Å²) in [4.78, 5) is 6.45. The highest BCUT2D eigenvalue weighted by molar-refractivity contribution is 14.1. The first-order chi connectivity index (χ1) is 8.38. The predicted octanol–water partition coefficient (Wildman–Crippen LogP) is 2.26. The normalized spacial score (nSPS) is 11.5. The molecule has 0 radical (unpaired) electrons. The molecule has 0 saturated heterocycles. The van der Waals surface area contributed by atoms with E-state index in [1.807, 2.05) is 22.6 Å². The fraction of sp³-hybridized carbons (Fsp3) is 0.100. The molecular formula is C10H9FIN3O2S. The Morgan fingerprint density at radius 2 is 2.17 bits per heavy atom. The molecule has 0 aliphatic carbocycles. The number of sulfonamides is 1. The molecule has 5 nitrogen and oxygen atoms in total. The van der Waals surface area contributed by atoms with Crippen LogP contribution in [0, 0.1) is 16.3 Å². The quantitative estimate of drug-likeness (QED) is 0.802. The van der Waals surface area contributed by atoms with E-state index in [-0.39, 0.29) is 5.03 Å². The van der Waals surface area contributed by atoms with Crippen LogP contribution in [0.3, 0.4) is 0 Å². The topological polar surface area (TPSA) is 74.8 Å². The zero-order valence-electron chi connectivity index (χ0n) is 9.24. The lowest BCUT2D eigenvalue weighted by Crippen LogP contribution is -2.14. The molecule has 0 atom stereocenters. The molecule has 0 fully saturated rings. The number of aromatic amines is 1. The first-order valence-electron chi connectivity index (χ1n) is 4.88. The van der Waals surface area contributed by atoms with Crippen LogP contribution in [0.2, 0.25) is 0 Å². The maximum Gasteiger partial charge on any atom is 0.279 e. The summed E-state index contributed by atoms with van der Waals surface area (Å²) in [6, 6.07) is 3.81. The zero-order valence-corrected chi connectivity index (χ0v) is 12.2. The lowest BCUT2D eigenvalue weighted by atomic mass is 10.3. The summed E-state index contributed by atoms with van der Waals surface area (Å²) in [6.07, 6.45) is 1.23. The van der Waals surface area contributed by atoms with E-state index in [1.165, 1.54) is 24.4 Å². The molecule has 1 heterocycles. The molecule has 0 bridgehead atoms. The number of aromatic nitrogens is 2. The number of halogens is 2. The van der Waals surface area contributed by atoms with Gasteiger partial charge < -0.3 is 4.98 Å². The number of hydrogen-bond donors (Lipinski definition) is 2. The first-order valence-corrected chi connectivity index (χ1v) is 7.44. The van der Waals surface area contributed by atoms with Crippen LogP contribution in [0.15, 0.2) is 29.4 Å². The van der Waals surface area contributed by atoms with Crippen molar-refractivity contribution >= 4 is 38.3 Å². The summed E-state index contributed by atoms with van der Waals surface area (Å²) < 4.78 is 39.7. The van der Waals surface area contributed by atoms with Crippen molar-refractivity contribution in [1.29, 1.82) is 0 Å². The number of imidazole rings is 1. The van der Waals surface area contributed by atoms with Crippen LogP contribution in [0.1, 0.15) is 5.82 Å². The van der Waals surface area contributed by atoms with Gasteiger partial charge in [0.05, 0.1) is 11.9 Å². The summed E-state index contributed by atoms with van der Waals surface area (Å²) in [5, 5.41) is -0.0277. The Hall–Kier alpha value is -1.16.